The minimum Gasteiger partial charge on any atom is -0.481 e. The third-order valence-electron chi connectivity index (χ3n) is 4.71. The van der Waals surface area contributed by atoms with Crippen molar-refractivity contribution in [3.63, 3.8) is 0 Å². The average Bonchev–Trinajstić information content (AvgIpc) is 2.48. The quantitative estimate of drug-likeness (QED) is 0.819. The standard InChI is InChI=1S/C15H26N2O3/c1-2-6-15(7-4-8-16-11-15)14(20)17-9-3-5-12(10-17)13(18)19/h12,16H,2-11H2,1H3,(H,18,19)/t12-,15?/m1/s1. The van der Waals surface area contributed by atoms with Crippen LogP contribution in [-0.4, -0.2) is 48.1 Å². The molecule has 0 aliphatic carbocycles. The molecule has 2 heterocycles. The highest BCUT2D eigenvalue weighted by Crippen LogP contribution is 2.35. The number of aliphatic carboxylic acids is 1. The molecule has 1 unspecified atom stereocenters. The molecule has 114 valence electrons. The zero-order chi connectivity index (χ0) is 14.6. The molecule has 1 amide bonds. The predicted molar refractivity (Wildman–Crippen MR) is 76.4 cm³/mol. The molecule has 0 aromatic carbocycles. The van der Waals surface area contributed by atoms with Gasteiger partial charge in [0.1, 0.15) is 0 Å². The number of carboxylic acids is 1. The Hall–Kier alpha value is -1.10. The first kappa shape index (κ1) is 15.3. The maximum absolute atomic E-state index is 12.9. The van der Waals surface area contributed by atoms with E-state index in [0.29, 0.717) is 19.5 Å². The van der Waals surface area contributed by atoms with Crippen LogP contribution in [-0.2, 0) is 9.59 Å². The Balaban J connectivity index is 2.08. The van der Waals surface area contributed by atoms with Gasteiger partial charge in [-0.1, -0.05) is 13.3 Å². The van der Waals surface area contributed by atoms with Gasteiger partial charge in [-0.05, 0) is 38.6 Å². The second kappa shape index (κ2) is 6.57. The lowest BCUT2D eigenvalue weighted by Crippen LogP contribution is -2.54. The van der Waals surface area contributed by atoms with Crippen LogP contribution in [0.4, 0.5) is 0 Å². The first-order valence-electron chi connectivity index (χ1n) is 7.82. The summed E-state index contributed by atoms with van der Waals surface area (Å²) in [6.07, 6.45) is 5.34. The average molecular weight is 282 g/mol. The summed E-state index contributed by atoms with van der Waals surface area (Å²) < 4.78 is 0. The zero-order valence-corrected chi connectivity index (χ0v) is 12.4. The van der Waals surface area contributed by atoms with Gasteiger partial charge in [0.25, 0.3) is 0 Å². The Morgan fingerprint density at radius 3 is 2.80 bits per heavy atom. The number of piperidine rings is 2. The molecule has 2 fully saturated rings. The van der Waals surface area contributed by atoms with E-state index in [1.165, 1.54) is 0 Å². The molecule has 0 saturated carbocycles. The van der Waals surface area contributed by atoms with E-state index in [-0.39, 0.29) is 17.2 Å². The first-order chi connectivity index (χ1) is 9.59. The molecule has 2 aliphatic rings. The number of hydrogen-bond acceptors (Lipinski definition) is 3. The molecule has 5 heteroatoms. The summed E-state index contributed by atoms with van der Waals surface area (Å²) >= 11 is 0. The van der Waals surface area contributed by atoms with E-state index in [1.54, 1.807) is 0 Å². The number of rotatable bonds is 4. The normalized spacial score (nSPS) is 31.1. The summed E-state index contributed by atoms with van der Waals surface area (Å²) in [5.41, 5.74) is -0.298. The van der Waals surface area contributed by atoms with E-state index in [9.17, 15) is 9.59 Å². The van der Waals surface area contributed by atoms with Crippen LogP contribution in [0, 0.1) is 11.3 Å². The third kappa shape index (κ3) is 3.14. The molecule has 20 heavy (non-hydrogen) atoms. The first-order valence-corrected chi connectivity index (χ1v) is 7.82. The van der Waals surface area contributed by atoms with Gasteiger partial charge in [0.2, 0.25) is 5.91 Å². The molecular weight excluding hydrogens is 256 g/mol. The summed E-state index contributed by atoms with van der Waals surface area (Å²) in [5, 5.41) is 12.5. The number of carboxylic acid groups (broad SMARTS) is 1. The van der Waals surface area contributed by atoms with Crippen LogP contribution in [0.15, 0.2) is 0 Å². The molecule has 0 aromatic heterocycles. The van der Waals surface area contributed by atoms with Gasteiger partial charge in [0.15, 0.2) is 0 Å². The van der Waals surface area contributed by atoms with Crippen molar-refractivity contribution in [2.24, 2.45) is 11.3 Å². The van der Waals surface area contributed by atoms with Crippen LogP contribution in [0.5, 0.6) is 0 Å². The van der Waals surface area contributed by atoms with Crippen LogP contribution in [0.3, 0.4) is 0 Å². The van der Waals surface area contributed by atoms with Gasteiger partial charge in [-0.25, -0.2) is 0 Å². The van der Waals surface area contributed by atoms with Crippen LogP contribution in [0.2, 0.25) is 0 Å². The summed E-state index contributed by atoms with van der Waals surface area (Å²) in [5.74, 6) is -0.978. The predicted octanol–water partition coefficient (Wildman–Crippen LogP) is 1.48. The summed E-state index contributed by atoms with van der Waals surface area (Å²) in [4.78, 5) is 25.9. The monoisotopic (exact) mass is 282 g/mol. The highest BCUT2D eigenvalue weighted by molar-refractivity contribution is 5.84. The molecule has 5 nitrogen and oxygen atoms in total. The molecule has 0 spiro atoms. The lowest BCUT2D eigenvalue weighted by Gasteiger charge is -2.42. The summed E-state index contributed by atoms with van der Waals surface area (Å²) in [6, 6.07) is 0. The third-order valence-corrected chi connectivity index (χ3v) is 4.71. The number of likely N-dealkylation sites (tertiary alicyclic amines) is 1. The summed E-state index contributed by atoms with van der Waals surface area (Å²) in [6.45, 7) is 4.94. The maximum atomic E-state index is 12.9. The molecule has 0 aromatic rings. The number of nitrogens with one attached hydrogen (secondary N) is 1. The summed E-state index contributed by atoms with van der Waals surface area (Å²) in [7, 11) is 0. The van der Waals surface area contributed by atoms with Crippen molar-refractivity contribution in [1.29, 1.82) is 0 Å². The number of hydrogen-bond donors (Lipinski definition) is 2. The van der Waals surface area contributed by atoms with Crippen LogP contribution in [0.25, 0.3) is 0 Å². The van der Waals surface area contributed by atoms with Crippen LogP contribution >= 0.6 is 0 Å². The van der Waals surface area contributed by atoms with Gasteiger partial charge in [0.05, 0.1) is 11.3 Å². The number of carbonyl (C=O) groups excluding carboxylic acids is 1. The lowest BCUT2D eigenvalue weighted by atomic mass is 9.75. The van der Waals surface area contributed by atoms with Gasteiger partial charge < -0.3 is 15.3 Å². The Labute approximate surface area is 120 Å². The van der Waals surface area contributed by atoms with Gasteiger partial charge >= 0.3 is 5.97 Å². The fourth-order valence-corrected chi connectivity index (χ4v) is 3.65. The molecule has 0 radical (unpaired) electrons. The minimum atomic E-state index is -0.770. The molecule has 2 rings (SSSR count). The van der Waals surface area contributed by atoms with E-state index < -0.39 is 5.97 Å². The molecule has 2 saturated heterocycles. The van der Waals surface area contributed by atoms with Gasteiger partial charge in [-0.15, -0.1) is 0 Å². The van der Waals surface area contributed by atoms with Crippen molar-refractivity contribution in [1.82, 2.24) is 10.2 Å². The largest absolute Gasteiger partial charge is 0.481 e. The zero-order valence-electron chi connectivity index (χ0n) is 12.4. The van der Waals surface area contributed by atoms with Crippen molar-refractivity contribution in [3.8, 4) is 0 Å². The van der Waals surface area contributed by atoms with Crippen LogP contribution < -0.4 is 5.32 Å². The smallest absolute Gasteiger partial charge is 0.308 e. The molecule has 2 aliphatic heterocycles. The van der Waals surface area contributed by atoms with Crippen molar-refractivity contribution < 1.29 is 14.7 Å². The molecule has 2 N–H and O–H groups in total. The van der Waals surface area contributed by atoms with Crippen LogP contribution in [0.1, 0.15) is 45.4 Å². The van der Waals surface area contributed by atoms with E-state index in [0.717, 1.165) is 45.2 Å². The Kier molecular flexibility index (Phi) is 5.02. The number of nitrogens with zero attached hydrogens (tertiary/aromatic N) is 1. The van der Waals surface area contributed by atoms with Crippen molar-refractivity contribution in [2.45, 2.75) is 45.4 Å². The Morgan fingerprint density at radius 1 is 1.40 bits per heavy atom. The number of carbonyl (C=O) groups is 2. The fourth-order valence-electron chi connectivity index (χ4n) is 3.65. The fraction of sp³-hybridized carbons (Fsp3) is 0.867. The van der Waals surface area contributed by atoms with Gasteiger partial charge in [-0.2, -0.15) is 0 Å². The number of amides is 1. The topological polar surface area (TPSA) is 69.6 Å². The second-order valence-electron chi connectivity index (χ2n) is 6.24. The van der Waals surface area contributed by atoms with Crippen molar-refractivity contribution in [3.05, 3.63) is 0 Å². The highest BCUT2D eigenvalue weighted by Gasteiger charge is 2.42. The van der Waals surface area contributed by atoms with E-state index in [4.69, 9.17) is 5.11 Å². The second-order valence-corrected chi connectivity index (χ2v) is 6.24. The molecular formula is C15H26N2O3. The van der Waals surface area contributed by atoms with E-state index in [2.05, 4.69) is 12.2 Å². The van der Waals surface area contributed by atoms with E-state index >= 15 is 0 Å². The maximum Gasteiger partial charge on any atom is 0.308 e. The highest BCUT2D eigenvalue weighted by atomic mass is 16.4. The minimum absolute atomic E-state index is 0.178. The molecule has 2 atom stereocenters. The van der Waals surface area contributed by atoms with Gasteiger partial charge in [-0.3, -0.25) is 9.59 Å². The Bertz CT molecular complexity index is 359. The SMILES string of the molecule is CCCC1(C(=O)N2CCC[C@@H](C(=O)O)C2)CCCNC1. The Morgan fingerprint density at radius 2 is 2.20 bits per heavy atom. The lowest BCUT2D eigenvalue weighted by molar-refractivity contribution is -0.150. The van der Waals surface area contributed by atoms with Gasteiger partial charge in [0, 0.05) is 19.6 Å². The van der Waals surface area contributed by atoms with E-state index in [1.807, 2.05) is 4.90 Å². The molecule has 0 bridgehead atoms. The van der Waals surface area contributed by atoms with Crippen molar-refractivity contribution in [2.75, 3.05) is 26.2 Å². The van der Waals surface area contributed by atoms with Crippen molar-refractivity contribution >= 4 is 11.9 Å².